The van der Waals surface area contributed by atoms with Crippen LogP contribution in [0.1, 0.15) is 12.0 Å². The summed E-state index contributed by atoms with van der Waals surface area (Å²) in [7, 11) is 5.61. The maximum Gasteiger partial charge on any atom is 0.225 e. The van der Waals surface area contributed by atoms with Crippen molar-refractivity contribution in [1.29, 1.82) is 0 Å². The molecule has 0 fully saturated rings. The van der Waals surface area contributed by atoms with E-state index in [1.165, 1.54) is 0 Å². The minimum atomic E-state index is 0.110. The number of benzene rings is 1. The smallest absolute Gasteiger partial charge is 0.225 e. The Bertz CT molecular complexity index is 474. The van der Waals surface area contributed by atoms with Gasteiger partial charge in [0, 0.05) is 39.0 Å². The third kappa shape index (κ3) is 3.42. The number of anilines is 1. The Morgan fingerprint density at radius 3 is 2.95 bits per heavy atom. The third-order valence-corrected chi connectivity index (χ3v) is 3.41. The number of carbonyl (C=O) groups is 1. The lowest BCUT2D eigenvalue weighted by molar-refractivity contribution is -0.132. The van der Waals surface area contributed by atoms with Crippen molar-refractivity contribution < 1.29 is 14.3 Å². The molecular formula is C15H22N2O3. The van der Waals surface area contributed by atoms with Crippen LogP contribution in [0.15, 0.2) is 18.2 Å². The van der Waals surface area contributed by atoms with Gasteiger partial charge < -0.3 is 19.3 Å². The van der Waals surface area contributed by atoms with Crippen molar-refractivity contribution in [2.45, 2.75) is 13.0 Å². The lowest BCUT2D eigenvalue weighted by Gasteiger charge is -2.20. The molecule has 1 aromatic carbocycles. The summed E-state index contributed by atoms with van der Waals surface area (Å²) in [6.07, 6.45) is 0.416. The van der Waals surface area contributed by atoms with E-state index in [0.717, 1.165) is 17.0 Å². The molecule has 1 aromatic rings. The Morgan fingerprint density at radius 2 is 2.25 bits per heavy atom. The zero-order valence-electron chi connectivity index (χ0n) is 12.4. The Labute approximate surface area is 120 Å². The molecule has 2 rings (SSSR count). The van der Waals surface area contributed by atoms with Gasteiger partial charge in [0.05, 0.1) is 19.6 Å². The van der Waals surface area contributed by atoms with Crippen molar-refractivity contribution in [1.82, 2.24) is 4.90 Å². The van der Waals surface area contributed by atoms with Crippen LogP contribution in [0.4, 0.5) is 5.69 Å². The second-order valence-electron chi connectivity index (χ2n) is 5.09. The van der Waals surface area contributed by atoms with Gasteiger partial charge in [-0.2, -0.15) is 0 Å². The van der Waals surface area contributed by atoms with Crippen LogP contribution in [0, 0.1) is 0 Å². The topological polar surface area (TPSA) is 42.0 Å². The van der Waals surface area contributed by atoms with E-state index in [1.807, 2.05) is 36.0 Å². The molecular weight excluding hydrogens is 256 g/mol. The first kappa shape index (κ1) is 14.7. The summed E-state index contributed by atoms with van der Waals surface area (Å²) >= 11 is 0. The van der Waals surface area contributed by atoms with Gasteiger partial charge >= 0.3 is 0 Å². The van der Waals surface area contributed by atoms with Crippen LogP contribution in [0.3, 0.4) is 0 Å². The lowest BCUT2D eigenvalue weighted by Crippen LogP contribution is -2.33. The van der Waals surface area contributed by atoms with Crippen LogP contribution in [0.25, 0.3) is 0 Å². The molecule has 20 heavy (non-hydrogen) atoms. The van der Waals surface area contributed by atoms with E-state index < -0.39 is 0 Å². The molecule has 1 aliphatic heterocycles. The number of amides is 1. The molecule has 5 heteroatoms. The van der Waals surface area contributed by atoms with Crippen molar-refractivity contribution in [3.63, 3.8) is 0 Å². The van der Waals surface area contributed by atoms with E-state index in [0.29, 0.717) is 32.7 Å². The van der Waals surface area contributed by atoms with Crippen LogP contribution in [0.5, 0.6) is 5.75 Å². The van der Waals surface area contributed by atoms with Crippen molar-refractivity contribution in [3.8, 4) is 5.75 Å². The molecule has 0 saturated carbocycles. The van der Waals surface area contributed by atoms with Gasteiger partial charge in [-0.1, -0.05) is 0 Å². The van der Waals surface area contributed by atoms with Gasteiger partial charge in [-0.3, -0.25) is 4.79 Å². The molecule has 1 aliphatic rings. The fourth-order valence-electron chi connectivity index (χ4n) is 2.22. The maximum atomic E-state index is 12.1. The van der Waals surface area contributed by atoms with E-state index in [9.17, 15) is 4.79 Å². The summed E-state index contributed by atoms with van der Waals surface area (Å²) in [6, 6.07) is 6.09. The monoisotopic (exact) mass is 278 g/mol. The fraction of sp³-hybridized carbons (Fsp3) is 0.533. The molecule has 0 atom stereocenters. The zero-order valence-corrected chi connectivity index (χ0v) is 12.4. The molecule has 1 amide bonds. The van der Waals surface area contributed by atoms with Gasteiger partial charge in [0.25, 0.3) is 0 Å². The van der Waals surface area contributed by atoms with E-state index in [2.05, 4.69) is 6.07 Å². The molecule has 0 bridgehead atoms. The number of ether oxygens (including phenoxy) is 2. The van der Waals surface area contributed by atoms with Crippen molar-refractivity contribution >= 4 is 11.6 Å². The summed E-state index contributed by atoms with van der Waals surface area (Å²) in [5.41, 5.74) is 2.16. The zero-order chi connectivity index (χ0) is 14.5. The number of methoxy groups -OCH3 is 1. The largest absolute Gasteiger partial charge is 0.491 e. The van der Waals surface area contributed by atoms with Crippen LogP contribution in [0.2, 0.25) is 0 Å². The summed E-state index contributed by atoms with van der Waals surface area (Å²) in [6.45, 7) is 2.21. The molecule has 1 heterocycles. The summed E-state index contributed by atoms with van der Waals surface area (Å²) in [5.74, 6) is 0.983. The first-order valence-corrected chi connectivity index (χ1v) is 6.81. The average Bonchev–Trinajstić information content (AvgIpc) is 2.65. The Kier molecular flexibility index (Phi) is 4.84. The van der Waals surface area contributed by atoms with Gasteiger partial charge in [-0.05, 0) is 18.2 Å². The Morgan fingerprint density at radius 1 is 1.45 bits per heavy atom. The summed E-state index contributed by atoms with van der Waals surface area (Å²) in [5, 5.41) is 0. The molecule has 0 spiro atoms. The third-order valence-electron chi connectivity index (χ3n) is 3.41. The number of rotatable bonds is 4. The van der Waals surface area contributed by atoms with Gasteiger partial charge in [-0.25, -0.2) is 0 Å². The summed E-state index contributed by atoms with van der Waals surface area (Å²) in [4.78, 5) is 16.0. The highest BCUT2D eigenvalue weighted by atomic mass is 16.5. The van der Waals surface area contributed by atoms with Crippen LogP contribution in [-0.2, 0) is 16.1 Å². The van der Waals surface area contributed by atoms with Gasteiger partial charge in [0.1, 0.15) is 12.4 Å². The predicted molar refractivity (Wildman–Crippen MR) is 78.2 cm³/mol. The molecule has 0 N–H and O–H groups in total. The number of carbonyl (C=O) groups excluding carboxylic acids is 1. The van der Waals surface area contributed by atoms with E-state index in [4.69, 9.17) is 9.47 Å². The standard InChI is InChI=1S/C15H22N2O3/c1-16(2)13-4-5-14-12(10-13)11-17(7-9-20-14)15(18)6-8-19-3/h4-5,10H,6-9,11H2,1-3H3. The van der Waals surface area contributed by atoms with E-state index >= 15 is 0 Å². The summed E-state index contributed by atoms with van der Waals surface area (Å²) < 4.78 is 10.7. The quantitative estimate of drug-likeness (QED) is 0.837. The Balaban J connectivity index is 2.15. The van der Waals surface area contributed by atoms with Gasteiger partial charge in [0.2, 0.25) is 5.91 Å². The predicted octanol–water partition coefficient (Wildman–Crippen LogP) is 1.51. The highest BCUT2D eigenvalue weighted by Crippen LogP contribution is 2.27. The average molecular weight is 278 g/mol. The molecule has 5 nitrogen and oxygen atoms in total. The second kappa shape index (κ2) is 6.61. The minimum Gasteiger partial charge on any atom is -0.491 e. The molecule has 0 aliphatic carbocycles. The Hall–Kier alpha value is -1.75. The maximum absolute atomic E-state index is 12.1. The van der Waals surface area contributed by atoms with E-state index in [-0.39, 0.29) is 5.91 Å². The molecule has 0 unspecified atom stereocenters. The lowest BCUT2D eigenvalue weighted by atomic mass is 10.1. The second-order valence-corrected chi connectivity index (χ2v) is 5.09. The highest BCUT2D eigenvalue weighted by molar-refractivity contribution is 5.76. The molecule has 0 saturated heterocycles. The first-order valence-electron chi connectivity index (χ1n) is 6.81. The van der Waals surface area contributed by atoms with Crippen LogP contribution >= 0.6 is 0 Å². The van der Waals surface area contributed by atoms with Crippen LogP contribution in [-0.4, -0.2) is 51.8 Å². The van der Waals surface area contributed by atoms with Crippen molar-refractivity contribution in [2.24, 2.45) is 0 Å². The first-order chi connectivity index (χ1) is 9.61. The van der Waals surface area contributed by atoms with Gasteiger partial charge in [0.15, 0.2) is 0 Å². The van der Waals surface area contributed by atoms with Gasteiger partial charge in [-0.15, -0.1) is 0 Å². The van der Waals surface area contributed by atoms with Crippen molar-refractivity contribution in [2.75, 3.05) is 45.9 Å². The highest BCUT2D eigenvalue weighted by Gasteiger charge is 2.20. The SMILES string of the molecule is COCCC(=O)N1CCOc2ccc(N(C)C)cc2C1. The number of hydrogen-bond acceptors (Lipinski definition) is 4. The number of fused-ring (bicyclic) bond motifs is 1. The van der Waals surface area contributed by atoms with Crippen molar-refractivity contribution in [3.05, 3.63) is 23.8 Å². The molecule has 110 valence electrons. The van der Waals surface area contributed by atoms with Crippen LogP contribution < -0.4 is 9.64 Å². The molecule has 0 aromatic heterocycles. The number of hydrogen-bond donors (Lipinski definition) is 0. The molecule has 0 radical (unpaired) electrons. The minimum absolute atomic E-state index is 0.110. The van der Waals surface area contributed by atoms with E-state index in [1.54, 1.807) is 7.11 Å². The fourth-order valence-corrected chi connectivity index (χ4v) is 2.22. The number of nitrogens with zero attached hydrogens (tertiary/aromatic N) is 2. The normalized spacial score (nSPS) is 14.2.